The highest BCUT2D eigenvalue weighted by Crippen LogP contribution is 2.11. The van der Waals surface area contributed by atoms with Crippen molar-refractivity contribution in [1.29, 1.82) is 0 Å². The molecule has 0 bridgehead atoms. The fourth-order valence-corrected chi connectivity index (χ4v) is 1.39. The average Bonchev–Trinajstić information content (AvgIpc) is 2.04. The largest absolute Gasteiger partial charge is 0.475 e. The van der Waals surface area contributed by atoms with Crippen LogP contribution in [0.5, 0.6) is 0 Å². The Morgan fingerprint density at radius 3 is 2.33 bits per heavy atom. The van der Waals surface area contributed by atoms with E-state index in [-0.39, 0.29) is 5.56 Å². The summed E-state index contributed by atoms with van der Waals surface area (Å²) in [5.74, 6) is -2.28. The summed E-state index contributed by atoms with van der Waals surface area (Å²) in [5.41, 5.74) is 0.241. The summed E-state index contributed by atoms with van der Waals surface area (Å²) in [5, 5.41) is 8.41. The highest BCUT2D eigenvalue weighted by Gasteiger charge is 2.16. The fourth-order valence-electron chi connectivity index (χ4n) is 0.761. The molecule has 4 heteroatoms. The molecule has 0 fully saturated rings. The molecule has 0 saturated heterocycles. The molecule has 0 aromatic heterocycles. The topological polar surface area (TPSA) is 54.4 Å². The Balaban J connectivity index is 3.11. The van der Waals surface area contributed by atoms with E-state index in [1.165, 1.54) is 6.07 Å². The molecule has 0 amide bonds. The number of benzene rings is 1. The highest BCUT2D eigenvalue weighted by atomic mass is 127. The van der Waals surface area contributed by atoms with Gasteiger partial charge in [0.15, 0.2) is 0 Å². The summed E-state index contributed by atoms with van der Waals surface area (Å²) in [4.78, 5) is 21.3. The number of carboxylic acids is 1. The number of ketones is 1. The van der Waals surface area contributed by atoms with E-state index in [1.807, 2.05) is 22.6 Å². The second kappa shape index (κ2) is 3.66. The Hall–Kier alpha value is -0.910. The molecule has 0 unspecified atom stereocenters. The van der Waals surface area contributed by atoms with Crippen LogP contribution >= 0.6 is 22.6 Å². The summed E-state index contributed by atoms with van der Waals surface area (Å²) in [7, 11) is 0. The lowest BCUT2D eigenvalue weighted by molar-refractivity contribution is -0.131. The minimum atomic E-state index is -1.42. The first-order valence-corrected chi connectivity index (χ1v) is 4.23. The van der Waals surface area contributed by atoms with Crippen LogP contribution in [0.2, 0.25) is 0 Å². The number of carbonyl (C=O) groups excluding carboxylic acids is 1. The van der Waals surface area contributed by atoms with Crippen molar-refractivity contribution in [3.05, 3.63) is 33.4 Å². The average molecular weight is 276 g/mol. The number of hydrogen-bond donors (Lipinski definition) is 1. The molecule has 0 atom stereocenters. The van der Waals surface area contributed by atoms with Crippen molar-refractivity contribution in [3.63, 3.8) is 0 Å². The first kappa shape index (κ1) is 9.18. The minimum absolute atomic E-state index is 0.241. The van der Waals surface area contributed by atoms with Crippen molar-refractivity contribution in [3.8, 4) is 0 Å². The SMILES string of the molecule is O=C(O)C(=O)c1ccccc1I. The van der Waals surface area contributed by atoms with Crippen LogP contribution in [0.1, 0.15) is 10.4 Å². The number of hydrogen-bond acceptors (Lipinski definition) is 2. The molecular weight excluding hydrogens is 271 g/mol. The second-order valence-electron chi connectivity index (χ2n) is 2.11. The molecule has 0 saturated carbocycles. The predicted molar refractivity (Wildman–Crippen MR) is 51.1 cm³/mol. The van der Waals surface area contributed by atoms with Gasteiger partial charge in [-0.15, -0.1) is 0 Å². The van der Waals surface area contributed by atoms with E-state index in [4.69, 9.17) is 5.11 Å². The van der Waals surface area contributed by atoms with Crippen molar-refractivity contribution in [2.45, 2.75) is 0 Å². The Bertz CT molecular complexity index is 333. The van der Waals surface area contributed by atoms with Crippen LogP contribution < -0.4 is 0 Å². The summed E-state index contributed by atoms with van der Waals surface area (Å²) in [6.07, 6.45) is 0. The van der Waals surface area contributed by atoms with Crippen LogP contribution in [0.3, 0.4) is 0 Å². The van der Waals surface area contributed by atoms with Crippen molar-refractivity contribution in [2.24, 2.45) is 0 Å². The van der Waals surface area contributed by atoms with E-state index in [1.54, 1.807) is 18.2 Å². The summed E-state index contributed by atoms with van der Waals surface area (Å²) >= 11 is 1.92. The lowest BCUT2D eigenvalue weighted by Crippen LogP contribution is -2.13. The first-order chi connectivity index (χ1) is 5.63. The van der Waals surface area contributed by atoms with Gasteiger partial charge < -0.3 is 5.11 Å². The second-order valence-corrected chi connectivity index (χ2v) is 3.28. The zero-order chi connectivity index (χ0) is 9.14. The minimum Gasteiger partial charge on any atom is -0.475 e. The van der Waals surface area contributed by atoms with Crippen LogP contribution in [0.25, 0.3) is 0 Å². The maximum absolute atomic E-state index is 11.0. The van der Waals surface area contributed by atoms with Crippen LogP contribution in [-0.2, 0) is 4.79 Å². The molecule has 3 nitrogen and oxygen atoms in total. The van der Waals surface area contributed by atoms with Crippen molar-refractivity contribution < 1.29 is 14.7 Å². The molecule has 1 rings (SSSR count). The van der Waals surface area contributed by atoms with Gasteiger partial charge in [0.2, 0.25) is 0 Å². The van der Waals surface area contributed by atoms with Gasteiger partial charge in [-0.3, -0.25) is 4.79 Å². The standard InChI is InChI=1S/C8H5IO3/c9-6-4-2-1-3-5(6)7(10)8(11)12/h1-4H,(H,11,12). The molecule has 0 spiro atoms. The summed E-state index contributed by atoms with van der Waals surface area (Å²) in [6.45, 7) is 0. The van der Waals surface area contributed by atoms with Gasteiger partial charge in [0.05, 0.1) is 0 Å². The maximum Gasteiger partial charge on any atom is 0.377 e. The van der Waals surface area contributed by atoms with E-state index in [0.29, 0.717) is 3.57 Å². The summed E-state index contributed by atoms with van der Waals surface area (Å²) in [6, 6.07) is 6.58. The smallest absolute Gasteiger partial charge is 0.377 e. The molecule has 1 N–H and O–H groups in total. The summed E-state index contributed by atoms with van der Waals surface area (Å²) < 4.78 is 0.655. The zero-order valence-electron chi connectivity index (χ0n) is 5.95. The molecule has 1 aromatic rings. The Morgan fingerprint density at radius 1 is 1.25 bits per heavy atom. The lowest BCUT2D eigenvalue weighted by atomic mass is 10.1. The van der Waals surface area contributed by atoms with Gasteiger partial charge in [-0.05, 0) is 34.7 Å². The fraction of sp³-hybridized carbons (Fsp3) is 0. The molecular formula is C8H5IO3. The van der Waals surface area contributed by atoms with Gasteiger partial charge in [0, 0.05) is 9.13 Å². The molecule has 0 aliphatic rings. The number of rotatable bonds is 2. The monoisotopic (exact) mass is 276 g/mol. The number of halogens is 1. The third-order valence-electron chi connectivity index (χ3n) is 1.31. The number of carboxylic acid groups (broad SMARTS) is 1. The molecule has 12 heavy (non-hydrogen) atoms. The molecule has 0 heterocycles. The highest BCUT2D eigenvalue weighted by molar-refractivity contribution is 14.1. The molecule has 0 aliphatic heterocycles. The van der Waals surface area contributed by atoms with E-state index in [0.717, 1.165) is 0 Å². The van der Waals surface area contributed by atoms with E-state index in [2.05, 4.69) is 0 Å². The van der Waals surface area contributed by atoms with Gasteiger partial charge in [0.1, 0.15) is 0 Å². The van der Waals surface area contributed by atoms with Crippen molar-refractivity contribution >= 4 is 34.3 Å². The third-order valence-corrected chi connectivity index (χ3v) is 2.25. The quantitative estimate of drug-likeness (QED) is 0.506. The van der Waals surface area contributed by atoms with Gasteiger partial charge in [-0.2, -0.15) is 0 Å². The molecule has 62 valence electrons. The predicted octanol–water partition coefficient (Wildman–Crippen LogP) is 1.56. The Labute approximate surface area is 82.5 Å². The van der Waals surface area contributed by atoms with E-state index < -0.39 is 11.8 Å². The zero-order valence-corrected chi connectivity index (χ0v) is 8.11. The third kappa shape index (κ3) is 1.82. The molecule has 0 radical (unpaired) electrons. The molecule has 0 aliphatic carbocycles. The number of carbonyl (C=O) groups is 2. The van der Waals surface area contributed by atoms with E-state index >= 15 is 0 Å². The van der Waals surface area contributed by atoms with Gasteiger partial charge >= 0.3 is 5.97 Å². The van der Waals surface area contributed by atoms with Gasteiger partial charge in [-0.1, -0.05) is 12.1 Å². The van der Waals surface area contributed by atoms with Crippen LogP contribution in [0.15, 0.2) is 24.3 Å². The first-order valence-electron chi connectivity index (χ1n) is 3.15. The van der Waals surface area contributed by atoms with Gasteiger partial charge in [0.25, 0.3) is 5.78 Å². The van der Waals surface area contributed by atoms with Crippen LogP contribution in [0, 0.1) is 3.57 Å². The number of Topliss-reactive ketones (excluding diaryl/α,β-unsaturated/α-hetero) is 1. The van der Waals surface area contributed by atoms with Crippen LogP contribution in [-0.4, -0.2) is 16.9 Å². The Kier molecular flexibility index (Phi) is 2.80. The van der Waals surface area contributed by atoms with Crippen LogP contribution in [0.4, 0.5) is 0 Å². The normalized spacial score (nSPS) is 9.42. The van der Waals surface area contributed by atoms with Gasteiger partial charge in [-0.25, -0.2) is 4.79 Å². The lowest BCUT2D eigenvalue weighted by Gasteiger charge is -1.97. The van der Waals surface area contributed by atoms with Crippen molar-refractivity contribution in [1.82, 2.24) is 0 Å². The molecule has 1 aromatic carbocycles. The maximum atomic E-state index is 11.0. The Morgan fingerprint density at radius 2 is 1.83 bits per heavy atom. The van der Waals surface area contributed by atoms with Crippen molar-refractivity contribution in [2.75, 3.05) is 0 Å². The van der Waals surface area contributed by atoms with E-state index in [9.17, 15) is 9.59 Å². The number of aliphatic carboxylic acids is 1.